The van der Waals surface area contributed by atoms with Crippen molar-refractivity contribution in [1.29, 1.82) is 5.26 Å². The van der Waals surface area contributed by atoms with Crippen molar-refractivity contribution in [2.45, 2.75) is 46.2 Å². The summed E-state index contributed by atoms with van der Waals surface area (Å²) in [5, 5.41) is 15.4. The van der Waals surface area contributed by atoms with Gasteiger partial charge in [0.25, 0.3) is 0 Å². The monoisotopic (exact) mass is 467 g/mol. The Kier molecular flexibility index (Phi) is 8.58. The van der Waals surface area contributed by atoms with Gasteiger partial charge in [0.15, 0.2) is 5.96 Å². The van der Waals surface area contributed by atoms with E-state index in [0.717, 1.165) is 17.9 Å². The minimum Gasteiger partial charge on any atom is -0.443 e. The van der Waals surface area contributed by atoms with Crippen LogP contribution in [0.15, 0.2) is 39.9 Å². The maximum Gasteiger partial charge on any atom is 0.213 e. The van der Waals surface area contributed by atoms with E-state index in [1.165, 1.54) is 0 Å². The van der Waals surface area contributed by atoms with Gasteiger partial charge in [-0.1, -0.05) is 32.9 Å². The first-order chi connectivity index (χ1) is 11.9. The third kappa shape index (κ3) is 6.67. The molecule has 0 aliphatic carbocycles. The lowest BCUT2D eigenvalue weighted by Crippen LogP contribution is -2.36. The van der Waals surface area contributed by atoms with Crippen LogP contribution in [-0.4, -0.2) is 17.5 Å². The smallest absolute Gasteiger partial charge is 0.213 e. The summed E-state index contributed by atoms with van der Waals surface area (Å²) in [4.78, 5) is 8.85. The molecule has 2 N–H and O–H groups in total. The zero-order chi connectivity index (χ0) is 18.3. The summed E-state index contributed by atoms with van der Waals surface area (Å²) in [5.74, 6) is 2.17. The number of hydrogen-bond donors (Lipinski definition) is 2. The Balaban J connectivity index is 0.00000338. The fraction of sp³-hybridized carbons (Fsp3) is 0.421. The molecule has 0 atom stereocenters. The summed E-state index contributed by atoms with van der Waals surface area (Å²) >= 11 is 0. The zero-order valence-electron chi connectivity index (χ0n) is 15.7. The number of hydrogen-bond acceptors (Lipinski definition) is 4. The number of halogens is 1. The van der Waals surface area contributed by atoms with Crippen LogP contribution >= 0.6 is 24.0 Å². The molecule has 0 saturated carbocycles. The molecule has 0 aliphatic heterocycles. The van der Waals surface area contributed by atoms with E-state index in [1.54, 1.807) is 12.3 Å². The van der Waals surface area contributed by atoms with Crippen LogP contribution in [0.4, 0.5) is 0 Å². The lowest BCUT2D eigenvalue weighted by Gasteiger charge is -2.13. The molecular formula is C19H26IN5O. The van der Waals surface area contributed by atoms with Crippen LogP contribution in [0.1, 0.15) is 50.5 Å². The van der Waals surface area contributed by atoms with Crippen molar-refractivity contribution < 1.29 is 4.42 Å². The average molecular weight is 467 g/mol. The van der Waals surface area contributed by atoms with E-state index >= 15 is 0 Å². The average Bonchev–Trinajstić information content (AvgIpc) is 3.07. The van der Waals surface area contributed by atoms with Crippen molar-refractivity contribution in [3.05, 3.63) is 53.2 Å². The molecule has 26 heavy (non-hydrogen) atoms. The first-order valence-corrected chi connectivity index (χ1v) is 8.38. The normalized spacial score (nSPS) is 11.4. The highest BCUT2D eigenvalue weighted by Crippen LogP contribution is 2.22. The molecule has 0 saturated heterocycles. The van der Waals surface area contributed by atoms with Crippen molar-refractivity contribution >= 4 is 29.9 Å². The van der Waals surface area contributed by atoms with Crippen molar-refractivity contribution in [2.75, 3.05) is 6.54 Å². The summed E-state index contributed by atoms with van der Waals surface area (Å²) < 4.78 is 5.78. The van der Waals surface area contributed by atoms with E-state index in [0.29, 0.717) is 30.5 Å². The van der Waals surface area contributed by atoms with Crippen LogP contribution in [0, 0.1) is 11.3 Å². The predicted molar refractivity (Wildman–Crippen MR) is 113 cm³/mol. The number of oxazole rings is 1. The van der Waals surface area contributed by atoms with Gasteiger partial charge < -0.3 is 15.1 Å². The van der Waals surface area contributed by atoms with Gasteiger partial charge in [-0.05, 0) is 24.6 Å². The van der Waals surface area contributed by atoms with Crippen molar-refractivity contribution in [1.82, 2.24) is 15.6 Å². The standard InChI is InChI=1S/C19H25N5O.HI/c1-5-21-18(23-11-15-8-6-7-14(9-15)10-20)24-13-17-22-12-16(25-17)19(2,3)4;/h6-9,12H,5,11,13H2,1-4H3,(H2,21,23,24);1H. The molecule has 1 heterocycles. The molecular weight excluding hydrogens is 441 g/mol. The van der Waals surface area contributed by atoms with Crippen LogP contribution in [0.3, 0.4) is 0 Å². The maximum absolute atomic E-state index is 8.97. The minimum absolute atomic E-state index is 0. The molecule has 0 amide bonds. The Bertz CT molecular complexity index is 771. The fourth-order valence-electron chi connectivity index (χ4n) is 2.15. The Morgan fingerprint density at radius 1 is 1.31 bits per heavy atom. The van der Waals surface area contributed by atoms with Gasteiger partial charge in [0.1, 0.15) is 5.76 Å². The summed E-state index contributed by atoms with van der Waals surface area (Å²) in [6.45, 7) is 9.98. The molecule has 0 radical (unpaired) electrons. The van der Waals surface area contributed by atoms with Gasteiger partial charge in [-0.15, -0.1) is 24.0 Å². The van der Waals surface area contributed by atoms with E-state index in [-0.39, 0.29) is 29.4 Å². The van der Waals surface area contributed by atoms with Crippen LogP contribution in [-0.2, 0) is 18.5 Å². The van der Waals surface area contributed by atoms with Crippen LogP contribution in [0.25, 0.3) is 0 Å². The van der Waals surface area contributed by atoms with E-state index in [1.807, 2.05) is 25.1 Å². The molecule has 0 aliphatic rings. The summed E-state index contributed by atoms with van der Waals surface area (Å²) in [6, 6.07) is 9.59. The molecule has 1 aromatic carbocycles. The second kappa shape index (κ2) is 10.2. The third-order valence-corrected chi connectivity index (χ3v) is 3.52. The second-order valence-electron chi connectivity index (χ2n) is 6.73. The lowest BCUT2D eigenvalue weighted by atomic mass is 9.94. The highest BCUT2D eigenvalue weighted by Gasteiger charge is 2.19. The zero-order valence-corrected chi connectivity index (χ0v) is 18.0. The number of rotatable bonds is 5. The molecule has 6 nitrogen and oxygen atoms in total. The Hall–Kier alpha value is -2.08. The van der Waals surface area contributed by atoms with Gasteiger partial charge in [0.05, 0.1) is 30.9 Å². The molecule has 140 valence electrons. The molecule has 0 fully saturated rings. The van der Waals surface area contributed by atoms with E-state index < -0.39 is 0 Å². The number of guanidine groups is 1. The van der Waals surface area contributed by atoms with Crippen molar-refractivity contribution in [2.24, 2.45) is 4.99 Å². The number of nitrogens with zero attached hydrogens (tertiary/aromatic N) is 3. The largest absolute Gasteiger partial charge is 0.443 e. The van der Waals surface area contributed by atoms with E-state index in [4.69, 9.17) is 9.68 Å². The highest BCUT2D eigenvalue weighted by atomic mass is 127. The predicted octanol–water partition coefficient (Wildman–Crippen LogP) is 3.72. The fourth-order valence-corrected chi connectivity index (χ4v) is 2.15. The molecule has 2 aromatic rings. The van der Waals surface area contributed by atoms with Crippen LogP contribution in [0.5, 0.6) is 0 Å². The number of benzene rings is 1. The summed E-state index contributed by atoms with van der Waals surface area (Å²) in [5.41, 5.74) is 1.57. The maximum atomic E-state index is 8.97. The van der Waals surface area contributed by atoms with Gasteiger partial charge in [-0.25, -0.2) is 9.98 Å². The Labute approximate surface area is 172 Å². The van der Waals surface area contributed by atoms with Crippen molar-refractivity contribution in [3.63, 3.8) is 0 Å². The van der Waals surface area contributed by atoms with Crippen molar-refractivity contribution in [3.8, 4) is 6.07 Å². The summed E-state index contributed by atoms with van der Waals surface area (Å²) in [6.07, 6.45) is 1.77. The number of aliphatic imine (C=N–C) groups is 1. The minimum atomic E-state index is -0.0599. The molecule has 0 unspecified atom stereocenters. The third-order valence-electron chi connectivity index (χ3n) is 3.52. The number of nitriles is 1. The van der Waals surface area contributed by atoms with Gasteiger partial charge in [0.2, 0.25) is 5.89 Å². The molecule has 0 bridgehead atoms. The molecule has 2 rings (SSSR count). The summed E-state index contributed by atoms with van der Waals surface area (Å²) in [7, 11) is 0. The molecule has 1 aromatic heterocycles. The second-order valence-corrected chi connectivity index (χ2v) is 6.73. The SMILES string of the molecule is CCNC(=NCc1cccc(C#N)c1)NCc1ncc(C(C)(C)C)o1.I. The first-order valence-electron chi connectivity index (χ1n) is 8.38. The lowest BCUT2D eigenvalue weighted by molar-refractivity contribution is 0.379. The topological polar surface area (TPSA) is 86.2 Å². The van der Waals surface area contributed by atoms with Gasteiger partial charge in [-0.2, -0.15) is 5.26 Å². The van der Waals surface area contributed by atoms with Gasteiger partial charge >= 0.3 is 0 Å². The Morgan fingerprint density at radius 3 is 2.69 bits per heavy atom. The number of nitrogens with one attached hydrogen (secondary N) is 2. The molecule has 0 spiro atoms. The van der Waals surface area contributed by atoms with Crippen LogP contribution in [0.2, 0.25) is 0 Å². The number of aromatic nitrogens is 1. The Morgan fingerprint density at radius 2 is 2.08 bits per heavy atom. The van der Waals surface area contributed by atoms with Crippen LogP contribution < -0.4 is 10.6 Å². The van der Waals surface area contributed by atoms with E-state index in [2.05, 4.69) is 47.5 Å². The quantitative estimate of drug-likeness (QED) is 0.398. The highest BCUT2D eigenvalue weighted by molar-refractivity contribution is 14.0. The van der Waals surface area contributed by atoms with Gasteiger partial charge in [0, 0.05) is 12.0 Å². The first kappa shape index (κ1) is 22.0. The van der Waals surface area contributed by atoms with E-state index in [9.17, 15) is 0 Å². The van der Waals surface area contributed by atoms with Gasteiger partial charge in [-0.3, -0.25) is 0 Å². The molecule has 7 heteroatoms.